The molecule has 2 heteroatoms. The van der Waals surface area contributed by atoms with Gasteiger partial charge >= 0.3 is 0 Å². The molecule has 0 unspecified atom stereocenters. The summed E-state index contributed by atoms with van der Waals surface area (Å²) in [5, 5.41) is 9.41. The molecule has 0 bridgehead atoms. The average Bonchev–Trinajstić information content (AvgIpc) is 1.77. The van der Waals surface area contributed by atoms with Crippen LogP contribution in [-0.2, 0) is 4.74 Å². The molecule has 0 spiro atoms. The van der Waals surface area contributed by atoms with Gasteiger partial charge in [-0.15, -0.1) is 0 Å². The molecule has 0 aliphatic carbocycles. The molecule has 1 heterocycles. The van der Waals surface area contributed by atoms with Crippen LogP contribution in [-0.4, -0.2) is 16.3 Å². The first-order chi connectivity index (χ1) is 4.83. The van der Waals surface area contributed by atoms with E-state index < -0.39 is 5.60 Å². The summed E-state index contributed by atoms with van der Waals surface area (Å²) in [5.41, 5.74) is -0.655. The van der Waals surface area contributed by atoms with Gasteiger partial charge in [0.1, 0.15) is 11.4 Å². The maximum Gasteiger partial charge on any atom is 0.120 e. The predicted molar refractivity (Wildman–Crippen MR) is 44.6 cm³/mol. The molecule has 0 saturated carbocycles. The number of hydrogen-bond donors (Lipinski definition) is 1. The minimum absolute atomic E-state index is 0.143. The van der Waals surface area contributed by atoms with E-state index in [0.29, 0.717) is 5.76 Å². The lowest BCUT2D eigenvalue weighted by atomic mass is 9.94. The van der Waals surface area contributed by atoms with Crippen molar-refractivity contribution in [3.05, 3.63) is 11.8 Å². The molecule has 0 fully saturated rings. The zero-order valence-electron chi connectivity index (χ0n) is 7.64. The monoisotopic (exact) mass is 156 g/mol. The zero-order valence-corrected chi connectivity index (χ0v) is 7.64. The first kappa shape index (κ1) is 8.60. The van der Waals surface area contributed by atoms with Crippen LogP contribution in [0.5, 0.6) is 0 Å². The van der Waals surface area contributed by atoms with Crippen molar-refractivity contribution < 1.29 is 9.84 Å². The highest BCUT2D eigenvalue weighted by atomic mass is 16.5. The molecule has 1 rings (SSSR count). The Morgan fingerprint density at radius 1 is 1.36 bits per heavy atom. The predicted octanol–water partition coefficient (Wildman–Crippen LogP) is 2.41. The van der Waals surface area contributed by atoms with Crippen molar-refractivity contribution in [2.45, 2.75) is 45.3 Å². The normalized spacial score (nSPS) is 27.8. The maximum atomic E-state index is 9.41. The summed E-state index contributed by atoms with van der Waals surface area (Å²) in [4.78, 5) is 0. The number of aliphatic hydroxyl groups excluding tert-OH is 1. The summed E-state index contributed by atoms with van der Waals surface area (Å²) in [5.74, 6) is 0.344. The number of ether oxygens (including phenoxy) is 1. The van der Waals surface area contributed by atoms with Gasteiger partial charge in [0.25, 0.3) is 0 Å². The Morgan fingerprint density at radius 2 is 1.91 bits per heavy atom. The average molecular weight is 156 g/mol. The lowest BCUT2D eigenvalue weighted by Gasteiger charge is -2.39. The number of aliphatic hydroxyl groups is 1. The summed E-state index contributed by atoms with van der Waals surface area (Å²) in [6.07, 6.45) is 2.62. The van der Waals surface area contributed by atoms with E-state index in [0.717, 1.165) is 6.42 Å². The summed E-state index contributed by atoms with van der Waals surface area (Å²) < 4.78 is 5.66. The molecule has 0 aromatic carbocycles. The van der Waals surface area contributed by atoms with Gasteiger partial charge in [-0.25, -0.2) is 0 Å². The van der Waals surface area contributed by atoms with Gasteiger partial charge in [0, 0.05) is 0 Å². The maximum absolute atomic E-state index is 9.41. The van der Waals surface area contributed by atoms with Gasteiger partial charge in [0.05, 0.1) is 5.60 Å². The molecule has 1 aliphatic heterocycles. The van der Waals surface area contributed by atoms with Gasteiger partial charge in [-0.05, 0) is 40.2 Å². The summed E-state index contributed by atoms with van der Waals surface area (Å²) in [6.45, 7) is 7.80. The molecule has 2 nitrogen and oxygen atoms in total. The van der Waals surface area contributed by atoms with Crippen LogP contribution in [0.2, 0.25) is 0 Å². The molecule has 64 valence electrons. The molecular weight excluding hydrogens is 140 g/mol. The van der Waals surface area contributed by atoms with E-state index in [4.69, 9.17) is 4.74 Å². The van der Waals surface area contributed by atoms with Gasteiger partial charge in [-0.1, -0.05) is 0 Å². The van der Waals surface area contributed by atoms with Crippen LogP contribution in [0.1, 0.15) is 34.1 Å². The van der Waals surface area contributed by atoms with Gasteiger partial charge in [-0.3, -0.25) is 0 Å². The minimum atomic E-state index is -0.512. The SMILES string of the molecule is CC1(C)CC=C(O)C(C)(C)O1. The van der Waals surface area contributed by atoms with Crippen molar-refractivity contribution >= 4 is 0 Å². The van der Waals surface area contributed by atoms with Crippen molar-refractivity contribution in [3.8, 4) is 0 Å². The van der Waals surface area contributed by atoms with Gasteiger partial charge in [-0.2, -0.15) is 0 Å². The van der Waals surface area contributed by atoms with Crippen LogP contribution in [0.4, 0.5) is 0 Å². The van der Waals surface area contributed by atoms with Gasteiger partial charge < -0.3 is 9.84 Å². The molecule has 0 saturated heterocycles. The van der Waals surface area contributed by atoms with Crippen LogP contribution >= 0.6 is 0 Å². The molecule has 0 aromatic heterocycles. The molecule has 11 heavy (non-hydrogen) atoms. The van der Waals surface area contributed by atoms with E-state index in [1.807, 2.05) is 33.8 Å². The Hall–Kier alpha value is -0.500. The highest BCUT2D eigenvalue weighted by Gasteiger charge is 2.35. The van der Waals surface area contributed by atoms with E-state index in [2.05, 4.69) is 0 Å². The van der Waals surface area contributed by atoms with Gasteiger partial charge in [0.2, 0.25) is 0 Å². The second-order valence-electron chi connectivity index (χ2n) is 4.17. The fourth-order valence-corrected chi connectivity index (χ4v) is 1.37. The fourth-order valence-electron chi connectivity index (χ4n) is 1.37. The number of hydrogen-bond acceptors (Lipinski definition) is 2. The Bertz CT molecular complexity index is 190. The molecule has 0 amide bonds. The lowest BCUT2D eigenvalue weighted by molar-refractivity contribution is -0.127. The first-order valence-corrected chi connectivity index (χ1v) is 3.93. The quantitative estimate of drug-likeness (QED) is 0.583. The molecule has 0 atom stereocenters. The third-order valence-electron chi connectivity index (χ3n) is 1.94. The van der Waals surface area contributed by atoms with Crippen molar-refractivity contribution in [1.29, 1.82) is 0 Å². The van der Waals surface area contributed by atoms with Crippen LogP contribution < -0.4 is 0 Å². The van der Waals surface area contributed by atoms with E-state index in [1.54, 1.807) is 0 Å². The third-order valence-corrected chi connectivity index (χ3v) is 1.94. The molecule has 1 N–H and O–H groups in total. The van der Waals surface area contributed by atoms with E-state index in [-0.39, 0.29) is 5.60 Å². The Labute approximate surface area is 67.9 Å². The van der Waals surface area contributed by atoms with Crippen molar-refractivity contribution in [1.82, 2.24) is 0 Å². The summed E-state index contributed by atoms with van der Waals surface area (Å²) in [7, 11) is 0. The highest BCUT2D eigenvalue weighted by molar-refractivity contribution is 5.11. The summed E-state index contributed by atoms with van der Waals surface area (Å²) >= 11 is 0. The van der Waals surface area contributed by atoms with Crippen molar-refractivity contribution in [2.75, 3.05) is 0 Å². The second-order valence-corrected chi connectivity index (χ2v) is 4.17. The standard InChI is InChI=1S/C9H16O2/c1-8(2)6-5-7(10)9(3,4)11-8/h5,10H,6H2,1-4H3. The minimum Gasteiger partial charge on any atom is -0.510 e. The fraction of sp³-hybridized carbons (Fsp3) is 0.778. The molecule has 0 aromatic rings. The Balaban J connectivity index is 2.86. The van der Waals surface area contributed by atoms with Crippen LogP contribution in [0.25, 0.3) is 0 Å². The van der Waals surface area contributed by atoms with Crippen LogP contribution in [0.3, 0.4) is 0 Å². The summed E-state index contributed by atoms with van der Waals surface area (Å²) in [6, 6.07) is 0. The van der Waals surface area contributed by atoms with Crippen molar-refractivity contribution in [3.63, 3.8) is 0 Å². The second kappa shape index (κ2) is 2.24. The van der Waals surface area contributed by atoms with Crippen LogP contribution in [0, 0.1) is 0 Å². The van der Waals surface area contributed by atoms with E-state index in [1.165, 1.54) is 0 Å². The Kier molecular flexibility index (Phi) is 1.75. The largest absolute Gasteiger partial charge is 0.510 e. The molecule has 1 aliphatic rings. The van der Waals surface area contributed by atoms with E-state index >= 15 is 0 Å². The zero-order chi connectivity index (χ0) is 8.70. The van der Waals surface area contributed by atoms with Crippen LogP contribution in [0.15, 0.2) is 11.8 Å². The van der Waals surface area contributed by atoms with E-state index in [9.17, 15) is 5.11 Å². The molecular formula is C9H16O2. The lowest BCUT2D eigenvalue weighted by Crippen LogP contribution is -2.41. The van der Waals surface area contributed by atoms with Crippen molar-refractivity contribution in [2.24, 2.45) is 0 Å². The van der Waals surface area contributed by atoms with Gasteiger partial charge in [0.15, 0.2) is 0 Å². The molecule has 0 radical (unpaired) electrons. The third kappa shape index (κ3) is 1.74. The number of rotatable bonds is 0. The first-order valence-electron chi connectivity index (χ1n) is 3.93. The highest BCUT2D eigenvalue weighted by Crippen LogP contribution is 2.33. The smallest absolute Gasteiger partial charge is 0.120 e. The Morgan fingerprint density at radius 3 is 2.27 bits per heavy atom. The topological polar surface area (TPSA) is 29.5 Å².